The third-order valence-electron chi connectivity index (χ3n) is 4.93. The van der Waals surface area contributed by atoms with Gasteiger partial charge < -0.3 is 30.9 Å². The van der Waals surface area contributed by atoms with Crippen molar-refractivity contribution in [1.82, 2.24) is 16.0 Å². The van der Waals surface area contributed by atoms with Gasteiger partial charge in [-0.2, -0.15) is 0 Å². The number of hydrogen-bond donors (Lipinski definition) is 5. The number of benzene rings is 1. The van der Waals surface area contributed by atoms with Crippen molar-refractivity contribution in [2.75, 3.05) is 5.88 Å². The fourth-order valence-corrected chi connectivity index (χ4v) is 3.19. The molecule has 0 radical (unpaired) electrons. The van der Waals surface area contributed by atoms with Crippen LogP contribution in [0.3, 0.4) is 0 Å². The van der Waals surface area contributed by atoms with Gasteiger partial charge in [0.2, 0.25) is 11.8 Å². The number of ether oxygens (including phenoxy) is 1. The lowest BCUT2D eigenvalue weighted by molar-refractivity contribution is -0.141. The molecule has 12 nitrogen and oxygen atoms in total. The Morgan fingerprint density at radius 2 is 1.53 bits per heavy atom. The highest BCUT2D eigenvalue weighted by atomic mass is 35.5. The van der Waals surface area contributed by atoms with Gasteiger partial charge in [-0.25, -0.2) is 4.79 Å². The number of halogens is 1. The summed E-state index contributed by atoms with van der Waals surface area (Å²) >= 11 is 5.49. The summed E-state index contributed by atoms with van der Waals surface area (Å²) in [6, 6.07) is 4.74. The maximum atomic E-state index is 12.9. The number of alkyl halides is 1. The number of hydrogen-bond acceptors (Lipinski definition) is 7. The van der Waals surface area contributed by atoms with Crippen LogP contribution in [-0.2, 0) is 35.3 Å². The molecular formula is C23H30ClN3O9. The van der Waals surface area contributed by atoms with E-state index in [0.717, 1.165) is 0 Å². The minimum atomic E-state index is -1.40. The first-order valence-corrected chi connectivity index (χ1v) is 11.6. The van der Waals surface area contributed by atoms with Crippen LogP contribution in [0.1, 0.15) is 38.7 Å². The number of rotatable bonds is 15. The van der Waals surface area contributed by atoms with E-state index in [-0.39, 0.29) is 13.0 Å². The number of alkyl carbamates (subject to hydrolysis) is 1. The molecule has 0 fully saturated rings. The Bertz CT molecular complexity index is 940. The SMILES string of the molecule is CC(C)[C@H](NC(=O)[C@H](CCC(=O)O)NC(=O)OCc1ccccc1)C(=O)N[C@@H](CC(=O)O)C(=O)CCl. The second kappa shape index (κ2) is 15.4. The molecule has 13 heteroatoms. The smallest absolute Gasteiger partial charge is 0.408 e. The van der Waals surface area contributed by atoms with Gasteiger partial charge in [0.15, 0.2) is 5.78 Å². The Morgan fingerprint density at radius 3 is 2.06 bits per heavy atom. The summed E-state index contributed by atoms with van der Waals surface area (Å²) in [5.74, 6) is -6.01. The van der Waals surface area contributed by atoms with Gasteiger partial charge in [-0.15, -0.1) is 11.6 Å². The molecule has 3 atom stereocenters. The molecular weight excluding hydrogens is 498 g/mol. The predicted octanol–water partition coefficient (Wildman–Crippen LogP) is 1.05. The number of carbonyl (C=O) groups is 6. The highest BCUT2D eigenvalue weighted by Crippen LogP contribution is 2.08. The van der Waals surface area contributed by atoms with E-state index >= 15 is 0 Å². The van der Waals surface area contributed by atoms with Crippen LogP contribution in [0.5, 0.6) is 0 Å². The molecule has 0 aliphatic carbocycles. The average molecular weight is 528 g/mol. The Morgan fingerprint density at radius 1 is 0.889 bits per heavy atom. The molecule has 1 aromatic rings. The number of carboxylic acids is 2. The topological polar surface area (TPSA) is 188 Å². The van der Waals surface area contributed by atoms with Gasteiger partial charge in [0.05, 0.1) is 18.3 Å². The fraction of sp³-hybridized carbons (Fsp3) is 0.478. The quantitative estimate of drug-likeness (QED) is 0.208. The molecule has 0 saturated carbocycles. The summed E-state index contributed by atoms with van der Waals surface area (Å²) < 4.78 is 5.08. The Kier molecular flexibility index (Phi) is 12.9. The average Bonchev–Trinajstić information content (AvgIpc) is 2.82. The van der Waals surface area contributed by atoms with E-state index < -0.39 is 78.4 Å². The van der Waals surface area contributed by atoms with Crippen LogP contribution in [0.25, 0.3) is 0 Å². The highest BCUT2D eigenvalue weighted by Gasteiger charge is 2.32. The van der Waals surface area contributed by atoms with Crippen molar-refractivity contribution in [3.63, 3.8) is 0 Å². The van der Waals surface area contributed by atoms with Crippen molar-refractivity contribution < 1.29 is 43.7 Å². The third kappa shape index (κ3) is 11.2. The van der Waals surface area contributed by atoms with E-state index in [4.69, 9.17) is 26.6 Å². The number of aliphatic carboxylic acids is 2. The van der Waals surface area contributed by atoms with Crippen molar-refractivity contribution in [2.24, 2.45) is 5.92 Å². The van der Waals surface area contributed by atoms with Crippen LogP contribution < -0.4 is 16.0 Å². The van der Waals surface area contributed by atoms with Gasteiger partial charge >= 0.3 is 18.0 Å². The van der Waals surface area contributed by atoms with Crippen LogP contribution >= 0.6 is 11.6 Å². The predicted molar refractivity (Wildman–Crippen MR) is 127 cm³/mol. The van der Waals surface area contributed by atoms with Crippen molar-refractivity contribution >= 4 is 47.2 Å². The normalized spacial score (nSPS) is 13.1. The van der Waals surface area contributed by atoms with E-state index in [1.54, 1.807) is 44.2 Å². The van der Waals surface area contributed by atoms with Crippen molar-refractivity contribution in [1.29, 1.82) is 0 Å². The molecule has 0 aliphatic heterocycles. The molecule has 0 unspecified atom stereocenters. The molecule has 0 aliphatic rings. The standard InChI is InChI=1S/C23H30ClN3O9/c1-13(2)20(22(34)25-16(10-19(31)32)17(28)11-24)27-21(33)15(8-9-18(29)30)26-23(35)36-12-14-6-4-3-5-7-14/h3-7,13,15-16,20H,8-12H2,1-2H3,(H,25,34)(H,26,35)(H,27,33)(H,29,30)(H,31,32)/t15-,16-,20-/m0/s1. The van der Waals surface area contributed by atoms with Gasteiger partial charge in [0.25, 0.3) is 0 Å². The summed E-state index contributed by atoms with van der Waals surface area (Å²) in [6.45, 7) is 3.10. The molecule has 3 amide bonds. The molecule has 0 heterocycles. The number of ketones is 1. The minimum Gasteiger partial charge on any atom is -0.481 e. The Hall–Kier alpha value is -3.67. The van der Waals surface area contributed by atoms with E-state index in [1.807, 2.05) is 0 Å². The summed E-state index contributed by atoms with van der Waals surface area (Å²) in [4.78, 5) is 71.9. The monoisotopic (exact) mass is 527 g/mol. The number of carboxylic acid groups (broad SMARTS) is 2. The lowest BCUT2D eigenvalue weighted by Gasteiger charge is -2.26. The van der Waals surface area contributed by atoms with E-state index in [2.05, 4.69) is 16.0 Å². The lowest BCUT2D eigenvalue weighted by atomic mass is 10.0. The van der Waals surface area contributed by atoms with Crippen LogP contribution in [0.4, 0.5) is 4.79 Å². The van der Waals surface area contributed by atoms with Crippen LogP contribution in [-0.4, -0.2) is 69.8 Å². The second-order valence-corrected chi connectivity index (χ2v) is 8.45. The highest BCUT2D eigenvalue weighted by molar-refractivity contribution is 6.28. The molecule has 0 aromatic heterocycles. The van der Waals surface area contributed by atoms with Gasteiger partial charge in [-0.05, 0) is 17.9 Å². The van der Waals surface area contributed by atoms with E-state index in [9.17, 15) is 28.8 Å². The lowest BCUT2D eigenvalue weighted by Crippen LogP contribution is -2.57. The molecule has 1 aromatic carbocycles. The zero-order chi connectivity index (χ0) is 27.3. The van der Waals surface area contributed by atoms with Gasteiger partial charge in [-0.3, -0.25) is 24.0 Å². The zero-order valence-corrected chi connectivity index (χ0v) is 20.6. The number of amides is 3. The fourth-order valence-electron chi connectivity index (χ4n) is 3.01. The van der Waals surface area contributed by atoms with Crippen LogP contribution in [0, 0.1) is 5.92 Å². The second-order valence-electron chi connectivity index (χ2n) is 8.18. The third-order valence-corrected chi connectivity index (χ3v) is 5.19. The molecule has 0 spiro atoms. The largest absolute Gasteiger partial charge is 0.481 e. The summed E-state index contributed by atoms with van der Waals surface area (Å²) in [6.07, 6.45) is -2.42. The Balaban J connectivity index is 2.91. The van der Waals surface area contributed by atoms with Crippen molar-refractivity contribution in [2.45, 2.75) is 57.8 Å². The van der Waals surface area contributed by atoms with E-state index in [0.29, 0.717) is 5.56 Å². The Labute approximate surface area is 212 Å². The number of Topliss-reactive ketones (excluding diaryl/α,β-unsaturated/α-hetero) is 1. The summed E-state index contributed by atoms with van der Waals surface area (Å²) in [5.41, 5.74) is 0.693. The van der Waals surface area contributed by atoms with Crippen LogP contribution in [0.15, 0.2) is 30.3 Å². The van der Waals surface area contributed by atoms with Gasteiger partial charge in [-0.1, -0.05) is 44.2 Å². The maximum Gasteiger partial charge on any atom is 0.408 e. The summed E-state index contributed by atoms with van der Waals surface area (Å²) in [7, 11) is 0. The molecule has 0 bridgehead atoms. The van der Waals surface area contributed by atoms with Gasteiger partial charge in [0.1, 0.15) is 18.7 Å². The number of carbonyl (C=O) groups excluding carboxylic acids is 4. The zero-order valence-electron chi connectivity index (χ0n) is 19.9. The number of nitrogens with one attached hydrogen (secondary N) is 3. The van der Waals surface area contributed by atoms with Crippen LogP contribution in [0.2, 0.25) is 0 Å². The minimum absolute atomic E-state index is 0.0868. The maximum absolute atomic E-state index is 12.9. The molecule has 5 N–H and O–H groups in total. The molecule has 198 valence electrons. The first-order chi connectivity index (χ1) is 16.9. The van der Waals surface area contributed by atoms with Gasteiger partial charge in [0, 0.05) is 6.42 Å². The van der Waals surface area contributed by atoms with Crippen molar-refractivity contribution in [3.8, 4) is 0 Å². The molecule has 36 heavy (non-hydrogen) atoms. The summed E-state index contributed by atoms with van der Waals surface area (Å²) in [5, 5.41) is 25.0. The first kappa shape index (κ1) is 30.4. The molecule has 0 saturated heterocycles. The molecule has 1 rings (SSSR count). The first-order valence-electron chi connectivity index (χ1n) is 11.0. The van der Waals surface area contributed by atoms with Crippen molar-refractivity contribution in [3.05, 3.63) is 35.9 Å². The van der Waals surface area contributed by atoms with E-state index in [1.165, 1.54) is 0 Å².